The molecule has 0 aromatic carbocycles. The summed E-state index contributed by atoms with van der Waals surface area (Å²) in [4.78, 5) is 10.5. The number of carbonyl (C=O) groups excluding carboxylic acids is 1. The Morgan fingerprint density at radius 1 is 1.56 bits per heavy atom. The Bertz CT molecular complexity index is 86.6. The van der Waals surface area contributed by atoms with Crippen molar-refractivity contribution in [2.75, 3.05) is 0 Å². The van der Waals surface area contributed by atoms with Crippen LogP contribution in [0.5, 0.6) is 0 Å². The van der Waals surface area contributed by atoms with Gasteiger partial charge in [0.15, 0.2) is 0 Å². The predicted molar refractivity (Wildman–Crippen MR) is 39.4 cm³/mol. The molecular weight excluding hydrogens is 112 g/mol. The van der Waals surface area contributed by atoms with Crippen LogP contribution in [0.25, 0.3) is 0 Å². The molecule has 0 saturated carbocycles. The SMILES string of the molecule is CCC(C)CCC(C)=O. The van der Waals surface area contributed by atoms with Gasteiger partial charge in [-0.3, -0.25) is 0 Å². The minimum absolute atomic E-state index is 0.315. The van der Waals surface area contributed by atoms with Crippen LogP contribution in [-0.2, 0) is 4.79 Å². The molecular formula is C8H16O. The highest BCUT2D eigenvalue weighted by Gasteiger charge is 1.99. The smallest absolute Gasteiger partial charge is 0.129 e. The topological polar surface area (TPSA) is 17.1 Å². The second-order valence-corrected chi connectivity index (χ2v) is 2.75. The number of carbonyl (C=O) groups is 1. The number of hydrogen-bond acceptors (Lipinski definition) is 1. The summed E-state index contributed by atoms with van der Waals surface area (Å²) in [7, 11) is 0. The fourth-order valence-electron chi connectivity index (χ4n) is 0.654. The zero-order chi connectivity index (χ0) is 7.28. The number of Topliss-reactive ketones (excluding diaryl/α,β-unsaturated/α-hetero) is 1. The van der Waals surface area contributed by atoms with E-state index in [4.69, 9.17) is 0 Å². The number of ketones is 1. The summed E-state index contributed by atoms with van der Waals surface area (Å²) in [5.41, 5.74) is 0. The highest BCUT2D eigenvalue weighted by atomic mass is 16.1. The maximum atomic E-state index is 10.5. The second kappa shape index (κ2) is 4.54. The van der Waals surface area contributed by atoms with E-state index in [1.807, 2.05) is 0 Å². The van der Waals surface area contributed by atoms with Gasteiger partial charge in [-0.2, -0.15) is 0 Å². The van der Waals surface area contributed by atoms with Gasteiger partial charge in [0, 0.05) is 6.42 Å². The second-order valence-electron chi connectivity index (χ2n) is 2.75. The summed E-state index contributed by atoms with van der Waals surface area (Å²) >= 11 is 0. The quantitative estimate of drug-likeness (QED) is 0.568. The molecule has 54 valence electrons. The Hall–Kier alpha value is -0.330. The van der Waals surface area contributed by atoms with Crippen molar-refractivity contribution in [1.29, 1.82) is 0 Å². The molecule has 0 bridgehead atoms. The van der Waals surface area contributed by atoms with Gasteiger partial charge in [-0.1, -0.05) is 20.3 Å². The third-order valence-corrected chi connectivity index (χ3v) is 1.69. The zero-order valence-electron chi connectivity index (χ0n) is 6.61. The summed E-state index contributed by atoms with van der Waals surface area (Å²) in [6.07, 6.45) is 3.01. The largest absolute Gasteiger partial charge is 0.300 e. The molecule has 0 aromatic rings. The van der Waals surface area contributed by atoms with Crippen molar-refractivity contribution < 1.29 is 4.79 Å². The molecule has 0 aliphatic carbocycles. The molecule has 0 N–H and O–H groups in total. The van der Waals surface area contributed by atoms with Gasteiger partial charge in [0.2, 0.25) is 0 Å². The first-order chi connectivity index (χ1) is 4.16. The average Bonchev–Trinajstić information content (AvgIpc) is 1.83. The van der Waals surface area contributed by atoms with Crippen LogP contribution in [0.1, 0.15) is 40.0 Å². The molecule has 1 atom stereocenters. The molecule has 1 heteroatoms. The molecule has 0 saturated heterocycles. The molecule has 9 heavy (non-hydrogen) atoms. The maximum absolute atomic E-state index is 10.5. The van der Waals surface area contributed by atoms with Crippen LogP contribution in [0, 0.1) is 5.92 Å². The van der Waals surface area contributed by atoms with Crippen LogP contribution in [0.4, 0.5) is 0 Å². The maximum Gasteiger partial charge on any atom is 0.129 e. The molecule has 0 aliphatic rings. The lowest BCUT2D eigenvalue weighted by Gasteiger charge is -2.04. The first kappa shape index (κ1) is 8.67. The van der Waals surface area contributed by atoms with Crippen molar-refractivity contribution in [2.45, 2.75) is 40.0 Å². The van der Waals surface area contributed by atoms with E-state index in [0.29, 0.717) is 11.7 Å². The molecule has 0 fully saturated rings. The van der Waals surface area contributed by atoms with Crippen LogP contribution >= 0.6 is 0 Å². The standard InChI is InChI=1S/C8H16O/c1-4-7(2)5-6-8(3)9/h7H,4-6H2,1-3H3. The summed E-state index contributed by atoms with van der Waals surface area (Å²) < 4.78 is 0. The van der Waals surface area contributed by atoms with Gasteiger partial charge in [0.1, 0.15) is 5.78 Å². The Balaban J connectivity index is 3.16. The van der Waals surface area contributed by atoms with Gasteiger partial charge < -0.3 is 4.79 Å². The molecule has 0 radical (unpaired) electrons. The van der Waals surface area contributed by atoms with E-state index in [9.17, 15) is 4.79 Å². The summed E-state index contributed by atoms with van der Waals surface area (Å²) in [5.74, 6) is 1.03. The van der Waals surface area contributed by atoms with E-state index in [1.165, 1.54) is 6.42 Å². The Morgan fingerprint density at radius 3 is 2.44 bits per heavy atom. The molecule has 0 heterocycles. The lowest BCUT2D eigenvalue weighted by molar-refractivity contribution is -0.117. The first-order valence-corrected chi connectivity index (χ1v) is 3.66. The molecule has 0 spiro atoms. The van der Waals surface area contributed by atoms with Crippen molar-refractivity contribution in [3.63, 3.8) is 0 Å². The van der Waals surface area contributed by atoms with Crippen LogP contribution in [0.15, 0.2) is 0 Å². The lowest BCUT2D eigenvalue weighted by Crippen LogP contribution is -1.96. The summed E-state index contributed by atoms with van der Waals surface area (Å²) in [6, 6.07) is 0. The molecule has 0 aliphatic heterocycles. The van der Waals surface area contributed by atoms with E-state index in [2.05, 4.69) is 13.8 Å². The monoisotopic (exact) mass is 128 g/mol. The van der Waals surface area contributed by atoms with Crippen LogP contribution in [0.2, 0.25) is 0 Å². The third kappa shape index (κ3) is 5.54. The van der Waals surface area contributed by atoms with Crippen molar-refractivity contribution in [3.05, 3.63) is 0 Å². The van der Waals surface area contributed by atoms with E-state index < -0.39 is 0 Å². The Morgan fingerprint density at radius 2 is 2.11 bits per heavy atom. The molecule has 1 unspecified atom stereocenters. The predicted octanol–water partition coefficient (Wildman–Crippen LogP) is 2.40. The van der Waals surface area contributed by atoms with Gasteiger partial charge in [-0.25, -0.2) is 0 Å². The van der Waals surface area contributed by atoms with Gasteiger partial charge in [0.05, 0.1) is 0 Å². The minimum Gasteiger partial charge on any atom is -0.300 e. The van der Waals surface area contributed by atoms with Crippen molar-refractivity contribution in [1.82, 2.24) is 0 Å². The average molecular weight is 128 g/mol. The minimum atomic E-state index is 0.315. The van der Waals surface area contributed by atoms with Gasteiger partial charge >= 0.3 is 0 Å². The lowest BCUT2D eigenvalue weighted by atomic mass is 10.0. The number of hydrogen-bond donors (Lipinski definition) is 0. The fourth-order valence-corrected chi connectivity index (χ4v) is 0.654. The summed E-state index contributed by atoms with van der Waals surface area (Å²) in [5, 5.41) is 0. The first-order valence-electron chi connectivity index (χ1n) is 3.66. The molecule has 1 nitrogen and oxygen atoms in total. The van der Waals surface area contributed by atoms with Crippen molar-refractivity contribution in [3.8, 4) is 0 Å². The van der Waals surface area contributed by atoms with Crippen molar-refractivity contribution in [2.24, 2.45) is 5.92 Å². The van der Waals surface area contributed by atoms with Gasteiger partial charge in [-0.05, 0) is 19.3 Å². The zero-order valence-corrected chi connectivity index (χ0v) is 6.61. The van der Waals surface area contributed by atoms with E-state index in [0.717, 1.165) is 12.8 Å². The number of rotatable bonds is 4. The van der Waals surface area contributed by atoms with Crippen LogP contribution < -0.4 is 0 Å². The van der Waals surface area contributed by atoms with Gasteiger partial charge in [0.25, 0.3) is 0 Å². The molecule has 0 amide bonds. The molecule has 0 aromatic heterocycles. The van der Waals surface area contributed by atoms with Crippen LogP contribution in [0.3, 0.4) is 0 Å². The van der Waals surface area contributed by atoms with Crippen molar-refractivity contribution >= 4 is 5.78 Å². The van der Waals surface area contributed by atoms with Crippen LogP contribution in [-0.4, -0.2) is 5.78 Å². The van der Waals surface area contributed by atoms with E-state index in [-0.39, 0.29) is 0 Å². The molecule has 0 rings (SSSR count). The summed E-state index contributed by atoms with van der Waals surface area (Å²) in [6.45, 7) is 6.00. The van der Waals surface area contributed by atoms with E-state index in [1.54, 1.807) is 6.92 Å². The highest BCUT2D eigenvalue weighted by Crippen LogP contribution is 2.08. The van der Waals surface area contributed by atoms with E-state index >= 15 is 0 Å². The van der Waals surface area contributed by atoms with Gasteiger partial charge in [-0.15, -0.1) is 0 Å². The highest BCUT2D eigenvalue weighted by molar-refractivity contribution is 5.75. The Labute approximate surface area is 57.5 Å². The fraction of sp³-hybridized carbons (Fsp3) is 0.875. The Kier molecular flexibility index (Phi) is 4.37. The third-order valence-electron chi connectivity index (χ3n) is 1.69. The normalized spacial score (nSPS) is 13.2.